The number of thiazole rings is 1. The number of nitrogens with zero attached hydrogens (tertiary/aromatic N) is 3. The van der Waals surface area contributed by atoms with Crippen molar-refractivity contribution in [2.75, 3.05) is 5.32 Å². The molecule has 104 valence electrons. The molecule has 3 rings (SSSR count). The van der Waals surface area contributed by atoms with E-state index in [-0.39, 0.29) is 16.8 Å². The Hall–Kier alpha value is -2.31. The highest BCUT2D eigenvalue weighted by Crippen LogP contribution is 2.24. The van der Waals surface area contributed by atoms with Crippen molar-refractivity contribution in [3.05, 3.63) is 59.1 Å². The Balaban J connectivity index is 1.82. The highest BCUT2D eigenvalue weighted by Gasteiger charge is 2.09. The van der Waals surface area contributed by atoms with E-state index in [2.05, 4.69) is 20.3 Å². The smallest absolute Gasteiger partial charge is 0.275 e. The third-order valence-electron chi connectivity index (χ3n) is 2.64. The summed E-state index contributed by atoms with van der Waals surface area (Å²) in [7, 11) is 0. The Kier molecular flexibility index (Phi) is 3.89. The zero-order valence-electron chi connectivity index (χ0n) is 10.7. The van der Waals surface area contributed by atoms with Crippen LogP contribution in [0.15, 0.2) is 48.2 Å². The minimum Gasteiger partial charge on any atom is -0.321 e. The Bertz CT molecular complexity index is 776. The van der Waals surface area contributed by atoms with Gasteiger partial charge in [-0.15, -0.1) is 11.3 Å². The minimum atomic E-state index is -0.360. The molecule has 1 amide bonds. The van der Waals surface area contributed by atoms with Crippen LogP contribution >= 0.6 is 22.9 Å². The third kappa shape index (κ3) is 3.24. The van der Waals surface area contributed by atoms with E-state index >= 15 is 0 Å². The number of carbonyl (C=O) groups is 1. The number of halogens is 1. The zero-order valence-corrected chi connectivity index (χ0v) is 12.2. The van der Waals surface area contributed by atoms with Gasteiger partial charge in [0.05, 0.1) is 12.4 Å². The van der Waals surface area contributed by atoms with Crippen LogP contribution in [0.1, 0.15) is 10.5 Å². The molecule has 0 aliphatic carbocycles. The Morgan fingerprint density at radius 2 is 2.19 bits per heavy atom. The quantitative estimate of drug-likeness (QED) is 0.803. The summed E-state index contributed by atoms with van der Waals surface area (Å²) >= 11 is 7.26. The lowest BCUT2D eigenvalue weighted by molar-refractivity contribution is 0.102. The molecule has 21 heavy (non-hydrogen) atoms. The van der Waals surface area contributed by atoms with Crippen LogP contribution in [0.25, 0.3) is 10.6 Å². The monoisotopic (exact) mass is 316 g/mol. The number of aromatic nitrogens is 3. The van der Waals surface area contributed by atoms with Crippen molar-refractivity contribution < 1.29 is 4.79 Å². The van der Waals surface area contributed by atoms with Gasteiger partial charge in [0.25, 0.3) is 5.91 Å². The van der Waals surface area contributed by atoms with Crippen LogP contribution in [0.4, 0.5) is 5.69 Å². The molecule has 2 aromatic heterocycles. The largest absolute Gasteiger partial charge is 0.321 e. The highest BCUT2D eigenvalue weighted by molar-refractivity contribution is 7.13. The average molecular weight is 317 g/mol. The van der Waals surface area contributed by atoms with Gasteiger partial charge in [0.2, 0.25) is 0 Å². The van der Waals surface area contributed by atoms with Gasteiger partial charge in [-0.2, -0.15) is 0 Å². The standard InChI is InChI=1S/C14H9ClN4OS/c15-12-8-16-7-11(19-12)13(20)18-10-3-1-2-9(6-10)14-17-4-5-21-14/h1-8H,(H,18,20). The van der Waals surface area contributed by atoms with Crippen LogP contribution in [0.5, 0.6) is 0 Å². The molecule has 0 aliphatic rings. The van der Waals surface area contributed by atoms with E-state index in [0.29, 0.717) is 5.69 Å². The van der Waals surface area contributed by atoms with Gasteiger partial charge in [-0.1, -0.05) is 23.7 Å². The van der Waals surface area contributed by atoms with Crippen molar-refractivity contribution in [2.45, 2.75) is 0 Å². The molecule has 5 nitrogen and oxygen atoms in total. The predicted octanol–water partition coefficient (Wildman–Crippen LogP) is 3.51. The molecular weight excluding hydrogens is 308 g/mol. The summed E-state index contributed by atoms with van der Waals surface area (Å²) in [6, 6.07) is 7.45. The first kappa shape index (κ1) is 13.7. The fourth-order valence-electron chi connectivity index (χ4n) is 1.74. The number of hydrogen-bond donors (Lipinski definition) is 1. The first-order chi connectivity index (χ1) is 10.2. The molecular formula is C14H9ClN4OS. The Labute approximate surface area is 129 Å². The number of carbonyl (C=O) groups excluding carboxylic acids is 1. The number of amides is 1. The molecule has 0 saturated heterocycles. The summed E-state index contributed by atoms with van der Waals surface area (Å²) in [5, 5.41) is 5.75. The molecule has 1 N–H and O–H groups in total. The van der Waals surface area contributed by atoms with E-state index in [0.717, 1.165) is 10.6 Å². The molecule has 0 fully saturated rings. The van der Waals surface area contributed by atoms with E-state index < -0.39 is 0 Å². The molecule has 0 spiro atoms. The second kappa shape index (κ2) is 5.99. The molecule has 0 radical (unpaired) electrons. The molecule has 1 aromatic carbocycles. The Morgan fingerprint density at radius 1 is 1.29 bits per heavy atom. The number of nitrogens with one attached hydrogen (secondary N) is 1. The van der Waals surface area contributed by atoms with Crippen LogP contribution in [0, 0.1) is 0 Å². The Morgan fingerprint density at radius 3 is 2.95 bits per heavy atom. The van der Waals surface area contributed by atoms with Gasteiger partial charge in [-0.3, -0.25) is 9.78 Å². The van der Waals surface area contributed by atoms with E-state index in [4.69, 9.17) is 11.6 Å². The molecule has 2 heterocycles. The molecule has 0 aliphatic heterocycles. The van der Waals surface area contributed by atoms with Crippen molar-refractivity contribution in [3.63, 3.8) is 0 Å². The van der Waals surface area contributed by atoms with Crippen LogP contribution in [0.2, 0.25) is 5.15 Å². The van der Waals surface area contributed by atoms with Gasteiger partial charge in [-0.05, 0) is 12.1 Å². The normalized spacial score (nSPS) is 10.3. The first-order valence-corrected chi connectivity index (χ1v) is 7.27. The van der Waals surface area contributed by atoms with Gasteiger partial charge >= 0.3 is 0 Å². The maximum atomic E-state index is 12.1. The van der Waals surface area contributed by atoms with Gasteiger partial charge in [0.1, 0.15) is 15.9 Å². The number of anilines is 1. The van der Waals surface area contributed by atoms with Crippen LogP contribution < -0.4 is 5.32 Å². The molecule has 7 heteroatoms. The maximum Gasteiger partial charge on any atom is 0.275 e. The number of hydrogen-bond acceptors (Lipinski definition) is 5. The first-order valence-electron chi connectivity index (χ1n) is 6.01. The highest BCUT2D eigenvalue weighted by atomic mass is 35.5. The van der Waals surface area contributed by atoms with Crippen molar-refractivity contribution >= 4 is 34.5 Å². The molecule has 0 atom stereocenters. The van der Waals surface area contributed by atoms with Crippen molar-refractivity contribution in [1.29, 1.82) is 0 Å². The molecule has 0 unspecified atom stereocenters. The van der Waals surface area contributed by atoms with E-state index in [1.54, 1.807) is 12.3 Å². The van der Waals surface area contributed by atoms with Crippen molar-refractivity contribution in [3.8, 4) is 10.6 Å². The lowest BCUT2D eigenvalue weighted by Gasteiger charge is -2.06. The summed E-state index contributed by atoms with van der Waals surface area (Å²) in [4.78, 5) is 24.1. The summed E-state index contributed by atoms with van der Waals surface area (Å²) in [5.41, 5.74) is 1.77. The second-order valence-corrected chi connectivity index (χ2v) is 5.38. The van der Waals surface area contributed by atoms with Crippen LogP contribution in [-0.4, -0.2) is 20.9 Å². The average Bonchev–Trinajstić information content (AvgIpc) is 3.02. The molecule has 0 bridgehead atoms. The third-order valence-corrected chi connectivity index (χ3v) is 3.64. The van der Waals surface area contributed by atoms with Gasteiger partial charge in [-0.25, -0.2) is 9.97 Å². The van der Waals surface area contributed by atoms with Crippen molar-refractivity contribution in [1.82, 2.24) is 15.0 Å². The van der Waals surface area contributed by atoms with Gasteiger partial charge in [0, 0.05) is 22.8 Å². The SMILES string of the molecule is O=C(Nc1cccc(-c2nccs2)c1)c1cncc(Cl)n1. The second-order valence-electron chi connectivity index (χ2n) is 4.10. The number of rotatable bonds is 3. The maximum absolute atomic E-state index is 12.1. The minimum absolute atomic E-state index is 0.169. The number of benzene rings is 1. The summed E-state index contributed by atoms with van der Waals surface area (Å²) in [6.07, 6.45) is 4.49. The lowest BCUT2D eigenvalue weighted by Crippen LogP contribution is -2.14. The van der Waals surface area contributed by atoms with E-state index in [9.17, 15) is 4.79 Å². The molecule has 3 aromatic rings. The van der Waals surface area contributed by atoms with Gasteiger partial charge in [0.15, 0.2) is 0 Å². The topological polar surface area (TPSA) is 67.8 Å². The van der Waals surface area contributed by atoms with E-state index in [1.807, 2.05) is 23.6 Å². The van der Waals surface area contributed by atoms with Crippen LogP contribution in [-0.2, 0) is 0 Å². The van der Waals surface area contributed by atoms with Crippen molar-refractivity contribution in [2.24, 2.45) is 0 Å². The van der Waals surface area contributed by atoms with Crippen LogP contribution in [0.3, 0.4) is 0 Å². The zero-order chi connectivity index (χ0) is 14.7. The molecule has 0 saturated carbocycles. The fraction of sp³-hybridized carbons (Fsp3) is 0. The van der Waals surface area contributed by atoms with Gasteiger partial charge < -0.3 is 5.32 Å². The summed E-state index contributed by atoms with van der Waals surface area (Å²) < 4.78 is 0. The lowest BCUT2D eigenvalue weighted by atomic mass is 10.2. The summed E-state index contributed by atoms with van der Waals surface area (Å²) in [6.45, 7) is 0. The fourth-order valence-corrected chi connectivity index (χ4v) is 2.53. The van der Waals surface area contributed by atoms with E-state index in [1.165, 1.54) is 23.7 Å². The summed E-state index contributed by atoms with van der Waals surface area (Å²) in [5.74, 6) is -0.360. The predicted molar refractivity (Wildman–Crippen MR) is 82.5 cm³/mol.